The zero-order chi connectivity index (χ0) is 12.6. The van der Waals surface area contributed by atoms with Gasteiger partial charge in [0.05, 0.1) is 5.57 Å². The summed E-state index contributed by atoms with van der Waals surface area (Å²) in [7, 11) is 0. The average Bonchev–Trinajstić information content (AvgIpc) is 2.33. The molecule has 0 bridgehead atoms. The quantitative estimate of drug-likeness (QED) is 0.637. The van der Waals surface area contributed by atoms with E-state index in [1.165, 1.54) is 0 Å². The number of amides is 1. The lowest BCUT2D eigenvalue weighted by molar-refractivity contribution is -0.130. The van der Waals surface area contributed by atoms with Gasteiger partial charge in [-0.2, -0.15) is 5.26 Å². The Kier molecular flexibility index (Phi) is 2.78. The molecule has 2 atom stereocenters. The van der Waals surface area contributed by atoms with E-state index in [-0.39, 0.29) is 23.2 Å². The van der Waals surface area contributed by atoms with Gasteiger partial charge in [-0.3, -0.25) is 9.59 Å². The zero-order valence-electron chi connectivity index (χ0n) is 10.1. The van der Waals surface area contributed by atoms with E-state index in [9.17, 15) is 9.59 Å². The highest BCUT2D eigenvalue weighted by atomic mass is 16.1. The second-order valence-electron chi connectivity index (χ2n) is 5.40. The van der Waals surface area contributed by atoms with Crippen molar-refractivity contribution < 1.29 is 9.59 Å². The molecule has 0 aromatic rings. The summed E-state index contributed by atoms with van der Waals surface area (Å²) < 4.78 is 0. The van der Waals surface area contributed by atoms with E-state index in [1.54, 1.807) is 11.0 Å². The van der Waals surface area contributed by atoms with Crippen LogP contribution in [0.1, 0.15) is 20.3 Å². The molecule has 1 aliphatic heterocycles. The van der Waals surface area contributed by atoms with Gasteiger partial charge in [-0.1, -0.05) is 19.9 Å². The maximum atomic E-state index is 12.1. The SMILES string of the molecule is CC1(C)C(=O)C(C#N)=CC2CN(C=O)CCC21. The normalized spacial score (nSPS) is 31.2. The second-order valence-corrected chi connectivity index (χ2v) is 5.40. The van der Waals surface area contributed by atoms with Crippen molar-refractivity contribution in [3.05, 3.63) is 11.6 Å². The van der Waals surface area contributed by atoms with Crippen molar-refractivity contribution in [2.24, 2.45) is 17.3 Å². The topological polar surface area (TPSA) is 61.2 Å². The number of likely N-dealkylation sites (tertiary alicyclic amines) is 1. The van der Waals surface area contributed by atoms with Crippen LogP contribution in [0.25, 0.3) is 0 Å². The molecule has 17 heavy (non-hydrogen) atoms. The smallest absolute Gasteiger partial charge is 0.209 e. The highest BCUT2D eigenvalue weighted by Gasteiger charge is 2.47. The first-order valence-electron chi connectivity index (χ1n) is 5.86. The second kappa shape index (κ2) is 3.99. The maximum Gasteiger partial charge on any atom is 0.209 e. The van der Waals surface area contributed by atoms with Crippen LogP contribution >= 0.6 is 0 Å². The Hall–Kier alpha value is -1.63. The summed E-state index contributed by atoms with van der Waals surface area (Å²) in [5, 5.41) is 8.98. The minimum absolute atomic E-state index is 0.0548. The fourth-order valence-electron chi connectivity index (χ4n) is 3.06. The summed E-state index contributed by atoms with van der Waals surface area (Å²) in [5.74, 6) is 0.320. The first kappa shape index (κ1) is 11.8. The van der Waals surface area contributed by atoms with Gasteiger partial charge >= 0.3 is 0 Å². The van der Waals surface area contributed by atoms with E-state index in [0.29, 0.717) is 13.1 Å². The van der Waals surface area contributed by atoms with E-state index in [1.807, 2.05) is 19.9 Å². The van der Waals surface area contributed by atoms with Gasteiger partial charge in [-0.15, -0.1) is 0 Å². The molecule has 1 aliphatic carbocycles. The molecule has 0 radical (unpaired) electrons. The molecule has 0 aromatic heterocycles. The van der Waals surface area contributed by atoms with Crippen LogP contribution in [0.4, 0.5) is 0 Å². The number of hydrogen-bond donors (Lipinski definition) is 0. The number of nitriles is 1. The van der Waals surface area contributed by atoms with Gasteiger partial charge in [0.25, 0.3) is 0 Å². The highest BCUT2D eigenvalue weighted by molar-refractivity contribution is 6.03. The van der Waals surface area contributed by atoms with Gasteiger partial charge in [0.2, 0.25) is 6.41 Å². The first-order valence-corrected chi connectivity index (χ1v) is 5.86. The molecule has 0 aromatic carbocycles. The number of fused-ring (bicyclic) bond motifs is 1. The molecule has 1 heterocycles. The third kappa shape index (κ3) is 1.76. The summed E-state index contributed by atoms with van der Waals surface area (Å²) >= 11 is 0. The third-order valence-electron chi connectivity index (χ3n) is 4.10. The van der Waals surface area contributed by atoms with E-state index in [0.717, 1.165) is 12.8 Å². The number of Topliss-reactive ketones (excluding diaryl/α,β-unsaturated/α-hetero) is 1. The number of nitrogens with zero attached hydrogens (tertiary/aromatic N) is 2. The van der Waals surface area contributed by atoms with Crippen LogP contribution in [-0.4, -0.2) is 30.2 Å². The molecule has 4 nitrogen and oxygen atoms in total. The number of carbonyl (C=O) groups excluding carboxylic acids is 2. The Bertz CT molecular complexity index is 431. The van der Waals surface area contributed by atoms with E-state index in [4.69, 9.17) is 5.26 Å². The lowest BCUT2D eigenvalue weighted by Crippen LogP contribution is -2.49. The van der Waals surface area contributed by atoms with E-state index in [2.05, 4.69) is 0 Å². The number of allylic oxidation sites excluding steroid dienone is 1. The number of piperidine rings is 1. The molecule has 0 saturated carbocycles. The third-order valence-corrected chi connectivity index (χ3v) is 4.10. The van der Waals surface area contributed by atoms with Crippen LogP contribution in [0.3, 0.4) is 0 Å². The van der Waals surface area contributed by atoms with Crippen LogP contribution in [0.15, 0.2) is 11.6 Å². The summed E-state index contributed by atoms with van der Waals surface area (Å²) in [4.78, 5) is 24.6. The molecule has 0 spiro atoms. The molecule has 1 amide bonds. The Balaban J connectivity index is 2.36. The van der Waals surface area contributed by atoms with Crippen LogP contribution in [-0.2, 0) is 9.59 Å². The minimum Gasteiger partial charge on any atom is -0.345 e. The summed E-state index contributed by atoms with van der Waals surface area (Å²) in [6.45, 7) is 5.15. The van der Waals surface area contributed by atoms with E-state index < -0.39 is 5.41 Å². The molecule has 1 saturated heterocycles. The molecule has 2 aliphatic rings. The van der Waals surface area contributed by atoms with Crippen molar-refractivity contribution in [3.8, 4) is 6.07 Å². The molecule has 2 rings (SSSR count). The molecule has 0 N–H and O–H groups in total. The van der Waals surface area contributed by atoms with Crippen molar-refractivity contribution >= 4 is 12.2 Å². The fraction of sp³-hybridized carbons (Fsp3) is 0.615. The van der Waals surface area contributed by atoms with Crippen LogP contribution in [0.5, 0.6) is 0 Å². The molecule has 4 heteroatoms. The largest absolute Gasteiger partial charge is 0.345 e. The summed E-state index contributed by atoms with van der Waals surface area (Å²) in [6, 6.07) is 1.98. The van der Waals surface area contributed by atoms with Crippen molar-refractivity contribution in [2.45, 2.75) is 20.3 Å². The number of carbonyl (C=O) groups is 2. The average molecular weight is 232 g/mol. The number of rotatable bonds is 1. The molecular formula is C13H16N2O2. The van der Waals surface area contributed by atoms with Crippen LogP contribution in [0, 0.1) is 28.6 Å². The number of hydrogen-bond acceptors (Lipinski definition) is 3. The molecular weight excluding hydrogens is 216 g/mol. The Labute approximate surface area is 101 Å². The Morgan fingerprint density at radius 3 is 2.88 bits per heavy atom. The van der Waals surface area contributed by atoms with Crippen molar-refractivity contribution in [1.82, 2.24) is 4.90 Å². The lowest BCUT2D eigenvalue weighted by Gasteiger charge is -2.45. The van der Waals surface area contributed by atoms with Crippen molar-refractivity contribution in [3.63, 3.8) is 0 Å². The van der Waals surface area contributed by atoms with Crippen LogP contribution < -0.4 is 0 Å². The van der Waals surface area contributed by atoms with Gasteiger partial charge in [0.1, 0.15) is 6.07 Å². The molecule has 1 fully saturated rings. The summed E-state index contributed by atoms with van der Waals surface area (Å²) in [6.07, 6.45) is 3.44. The number of ketones is 1. The maximum absolute atomic E-state index is 12.1. The monoisotopic (exact) mass is 232 g/mol. The van der Waals surface area contributed by atoms with Crippen LogP contribution in [0.2, 0.25) is 0 Å². The van der Waals surface area contributed by atoms with Crippen molar-refractivity contribution in [2.75, 3.05) is 13.1 Å². The first-order chi connectivity index (χ1) is 8.00. The van der Waals surface area contributed by atoms with Gasteiger partial charge in [0, 0.05) is 18.5 Å². The Morgan fingerprint density at radius 2 is 2.29 bits per heavy atom. The van der Waals surface area contributed by atoms with Gasteiger partial charge in [-0.25, -0.2) is 0 Å². The van der Waals surface area contributed by atoms with Gasteiger partial charge in [-0.05, 0) is 18.3 Å². The lowest BCUT2D eigenvalue weighted by atomic mass is 9.61. The van der Waals surface area contributed by atoms with Gasteiger partial charge in [0.15, 0.2) is 5.78 Å². The summed E-state index contributed by atoms with van der Waals surface area (Å²) in [5.41, 5.74) is -0.233. The zero-order valence-corrected chi connectivity index (χ0v) is 10.1. The van der Waals surface area contributed by atoms with Crippen molar-refractivity contribution in [1.29, 1.82) is 5.26 Å². The molecule has 2 unspecified atom stereocenters. The van der Waals surface area contributed by atoms with Gasteiger partial charge < -0.3 is 4.90 Å². The Morgan fingerprint density at radius 1 is 1.59 bits per heavy atom. The predicted molar refractivity (Wildman–Crippen MR) is 61.7 cm³/mol. The molecule has 90 valence electrons. The standard InChI is InChI=1S/C13H16N2O2/c1-13(2)11-3-4-15(8-16)7-10(11)5-9(6-14)12(13)17/h5,8,10-11H,3-4,7H2,1-2H3. The highest BCUT2D eigenvalue weighted by Crippen LogP contribution is 2.44. The fourth-order valence-corrected chi connectivity index (χ4v) is 3.06. The predicted octanol–water partition coefficient (Wildman–Crippen LogP) is 1.14. The van der Waals surface area contributed by atoms with E-state index >= 15 is 0 Å². The minimum atomic E-state index is -0.487.